The molecule has 1 aliphatic rings. The van der Waals surface area contributed by atoms with E-state index in [1.54, 1.807) is 54.6 Å². The molecule has 1 saturated heterocycles. The van der Waals surface area contributed by atoms with Crippen LogP contribution in [-0.2, 0) is 4.74 Å². The zero-order valence-corrected chi connectivity index (χ0v) is 18.6. The number of nitrogens with zero attached hydrogens (tertiary/aromatic N) is 2. The topological polar surface area (TPSA) is 115 Å². The molecule has 0 saturated carbocycles. The van der Waals surface area contributed by atoms with Gasteiger partial charge in [0.25, 0.3) is 11.6 Å². The third kappa shape index (κ3) is 4.62. The van der Waals surface area contributed by atoms with Crippen molar-refractivity contribution in [1.82, 2.24) is 0 Å². The summed E-state index contributed by atoms with van der Waals surface area (Å²) in [5.41, 5.74) is 1.88. The van der Waals surface area contributed by atoms with Gasteiger partial charge >= 0.3 is 5.63 Å². The summed E-state index contributed by atoms with van der Waals surface area (Å²) >= 11 is 0. The minimum absolute atomic E-state index is 0.137. The van der Waals surface area contributed by atoms with Crippen LogP contribution in [-0.4, -0.2) is 37.1 Å². The Balaban J connectivity index is 1.41. The number of para-hydroxylation sites is 1. The maximum absolute atomic E-state index is 12.9. The van der Waals surface area contributed by atoms with Crippen molar-refractivity contribution in [1.29, 1.82) is 0 Å². The van der Waals surface area contributed by atoms with Crippen LogP contribution in [0, 0.1) is 10.1 Å². The number of hydrogen-bond donors (Lipinski definition) is 1. The lowest BCUT2D eigenvalue weighted by molar-refractivity contribution is -0.384. The van der Waals surface area contributed by atoms with E-state index < -0.39 is 16.5 Å². The first kappa shape index (κ1) is 22.3. The highest BCUT2D eigenvalue weighted by Gasteiger charge is 2.23. The molecule has 4 aromatic rings. The first-order valence-corrected chi connectivity index (χ1v) is 11.1. The van der Waals surface area contributed by atoms with Crippen molar-refractivity contribution in [2.45, 2.75) is 0 Å². The Kier molecular flexibility index (Phi) is 5.99. The number of nitro benzene ring substituents is 1. The molecular weight excluding hydrogens is 450 g/mol. The molecule has 5 rings (SSSR count). The lowest BCUT2D eigenvalue weighted by Crippen LogP contribution is -2.36. The number of amides is 1. The maximum atomic E-state index is 12.9. The molecule has 1 aromatic heterocycles. The zero-order chi connectivity index (χ0) is 24.4. The number of rotatable bonds is 5. The summed E-state index contributed by atoms with van der Waals surface area (Å²) in [5.74, 6) is -0.496. The number of benzene rings is 3. The van der Waals surface area contributed by atoms with Gasteiger partial charge in [-0.2, -0.15) is 0 Å². The Bertz CT molecular complexity index is 1490. The van der Waals surface area contributed by atoms with Gasteiger partial charge in [-0.3, -0.25) is 14.9 Å². The highest BCUT2D eigenvalue weighted by Crippen LogP contribution is 2.30. The van der Waals surface area contributed by atoms with Crippen molar-refractivity contribution in [3.05, 3.63) is 98.9 Å². The molecule has 1 amide bonds. The molecular formula is C26H21N3O6. The zero-order valence-electron chi connectivity index (χ0n) is 18.6. The van der Waals surface area contributed by atoms with Crippen molar-refractivity contribution in [2.75, 3.05) is 36.5 Å². The number of morpholine rings is 1. The fourth-order valence-corrected chi connectivity index (χ4v) is 4.11. The quantitative estimate of drug-likeness (QED) is 0.260. The molecule has 0 radical (unpaired) electrons. The third-order valence-electron chi connectivity index (χ3n) is 5.86. The molecule has 0 spiro atoms. The number of nitrogens with one attached hydrogen (secondary N) is 1. The van der Waals surface area contributed by atoms with Gasteiger partial charge in [-0.25, -0.2) is 4.79 Å². The number of carbonyl (C=O) groups is 1. The van der Waals surface area contributed by atoms with Gasteiger partial charge in [0.05, 0.1) is 23.7 Å². The minimum atomic E-state index is -0.496. The van der Waals surface area contributed by atoms with E-state index in [-0.39, 0.29) is 11.3 Å². The molecule has 3 aromatic carbocycles. The van der Waals surface area contributed by atoms with E-state index in [0.29, 0.717) is 54.4 Å². The van der Waals surface area contributed by atoms with Crippen molar-refractivity contribution in [2.24, 2.45) is 0 Å². The van der Waals surface area contributed by atoms with Gasteiger partial charge in [0.15, 0.2) is 0 Å². The van der Waals surface area contributed by atoms with E-state index >= 15 is 0 Å². The van der Waals surface area contributed by atoms with Crippen molar-refractivity contribution < 1.29 is 18.9 Å². The van der Waals surface area contributed by atoms with Gasteiger partial charge in [-0.1, -0.05) is 30.3 Å². The van der Waals surface area contributed by atoms with Gasteiger partial charge in [-0.05, 0) is 42.0 Å². The van der Waals surface area contributed by atoms with E-state index in [9.17, 15) is 19.7 Å². The van der Waals surface area contributed by atoms with Crippen molar-refractivity contribution in [3.8, 4) is 11.1 Å². The summed E-state index contributed by atoms with van der Waals surface area (Å²) in [4.78, 5) is 38.5. The lowest BCUT2D eigenvalue weighted by atomic mass is 10.0. The third-order valence-corrected chi connectivity index (χ3v) is 5.86. The first-order valence-electron chi connectivity index (χ1n) is 11.1. The fraction of sp³-hybridized carbons (Fsp3) is 0.154. The molecule has 176 valence electrons. The lowest BCUT2D eigenvalue weighted by Gasteiger charge is -2.28. The Morgan fingerprint density at radius 3 is 2.57 bits per heavy atom. The number of anilines is 2. The van der Waals surface area contributed by atoms with Crippen LogP contribution in [0.15, 0.2) is 82.0 Å². The van der Waals surface area contributed by atoms with Crippen LogP contribution in [0.1, 0.15) is 10.4 Å². The van der Waals surface area contributed by atoms with Crippen LogP contribution in [0.2, 0.25) is 0 Å². The van der Waals surface area contributed by atoms with Gasteiger partial charge < -0.3 is 19.4 Å². The summed E-state index contributed by atoms with van der Waals surface area (Å²) in [6, 6.07) is 20.2. The monoisotopic (exact) mass is 471 g/mol. The van der Waals surface area contributed by atoms with Crippen molar-refractivity contribution >= 4 is 33.9 Å². The maximum Gasteiger partial charge on any atom is 0.344 e. The Hall–Kier alpha value is -4.50. The molecule has 0 aliphatic carbocycles. The van der Waals surface area contributed by atoms with Gasteiger partial charge in [0.2, 0.25) is 0 Å². The van der Waals surface area contributed by atoms with E-state index in [1.165, 1.54) is 6.07 Å². The molecule has 1 N–H and O–H groups in total. The smallest absolute Gasteiger partial charge is 0.344 e. The van der Waals surface area contributed by atoms with Crippen LogP contribution < -0.4 is 15.8 Å². The molecule has 9 heteroatoms. The fourth-order valence-electron chi connectivity index (χ4n) is 4.11. The van der Waals surface area contributed by atoms with Crippen LogP contribution in [0.4, 0.5) is 17.1 Å². The summed E-state index contributed by atoms with van der Waals surface area (Å²) in [6.45, 7) is 2.07. The first-order chi connectivity index (χ1) is 17.0. The van der Waals surface area contributed by atoms with E-state index in [0.717, 1.165) is 5.39 Å². The van der Waals surface area contributed by atoms with E-state index in [4.69, 9.17) is 9.15 Å². The second-order valence-corrected chi connectivity index (χ2v) is 8.08. The van der Waals surface area contributed by atoms with Gasteiger partial charge in [0.1, 0.15) is 11.3 Å². The predicted octanol–water partition coefficient (Wildman–Crippen LogP) is 4.46. The average Bonchev–Trinajstić information content (AvgIpc) is 2.88. The van der Waals surface area contributed by atoms with E-state index in [1.807, 2.05) is 17.0 Å². The second kappa shape index (κ2) is 9.40. The Morgan fingerprint density at radius 1 is 0.971 bits per heavy atom. The molecule has 2 heterocycles. The second-order valence-electron chi connectivity index (χ2n) is 8.08. The number of fused-ring (bicyclic) bond motifs is 1. The number of hydrogen-bond acceptors (Lipinski definition) is 7. The van der Waals surface area contributed by atoms with Crippen LogP contribution in [0.25, 0.3) is 22.1 Å². The summed E-state index contributed by atoms with van der Waals surface area (Å²) in [6.07, 6.45) is 0. The Morgan fingerprint density at radius 2 is 1.77 bits per heavy atom. The summed E-state index contributed by atoms with van der Waals surface area (Å²) in [7, 11) is 0. The summed E-state index contributed by atoms with van der Waals surface area (Å²) in [5, 5.41) is 15.2. The number of carbonyl (C=O) groups excluding carboxylic acids is 1. The molecule has 9 nitrogen and oxygen atoms in total. The van der Waals surface area contributed by atoms with Crippen LogP contribution in [0.5, 0.6) is 0 Å². The number of nitro groups is 1. The SMILES string of the molecule is O=C(Nc1cccc(-c2cc3ccccc3oc2=O)c1)c1ccc(N2CCOCC2)c([N+](=O)[O-])c1. The molecule has 0 unspecified atom stereocenters. The standard InChI is InChI=1S/C26H21N3O6/c30-25(19-8-9-22(23(16-19)29(32)33)28-10-12-34-13-11-28)27-20-6-3-5-17(14-20)21-15-18-4-1-2-7-24(18)35-26(21)31/h1-9,14-16H,10-13H2,(H,27,30). The largest absolute Gasteiger partial charge is 0.422 e. The highest BCUT2D eigenvalue weighted by molar-refractivity contribution is 6.05. The average molecular weight is 471 g/mol. The minimum Gasteiger partial charge on any atom is -0.422 e. The summed E-state index contributed by atoms with van der Waals surface area (Å²) < 4.78 is 10.7. The molecule has 1 aliphatic heterocycles. The molecule has 0 atom stereocenters. The van der Waals surface area contributed by atoms with Gasteiger partial charge in [-0.15, -0.1) is 0 Å². The van der Waals surface area contributed by atoms with Crippen LogP contribution >= 0.6 is 0 Å². The van der Waals surface area contributed by atoms with E-state index in [2.05, 4.69) is 5.32 Å². The highest BCUT2D eigenvalue weighted by atomic mass is 16.6. The molecule has 1 fully saturated rings. The van der Waals surface area contributed by atoms with Gasteiger partial charge in [0, 0.05) is 35.8 Å². The molecule has 0 bridgehead atoms. The normalized spacial score (nSPS) is 13.5. The van der Waals surface area contributed by atoms with Crippen LogP contribution in [0.3, 0.4) is 0 Å². The predicted molar refractivity (Wildman–Crippen MR) is 132 cm³/mol. The molecule has 35 heavy (non-hydrogen) atoms. The van der Waals surface area contributed by atoms with Crippen molar-refractivity contribution in [3.63, 3.8) is 0 Å². The Labute approximate surface area is 199 Å². The number of ether oxygens (including phenoxy) is 1.